The molecule has 0 atom stereocenters. The van der Waals surface area contributed by atoms with Crippen LogP contribution in [0.5, 0.6) is 46.0 Å². The first-order valence-electron chi connectivity index (χ1n) is 16.5. The van der Waals surface area contributed by atoms with Crippen molar-refractivity contribution in [3.63, 3.8) is 0 Å². The average Bonchev–Trinajstić information content (AvgIpc) is 3.18. The van der Waals surface area contributed by atoms with E-state index >= 15 is 0 Å². The Morgan fingerprint density at radius 3 is 2.04 bits per heavy atom. The van der Waals surface area contributed by atoms with Gasteiger partial charge in [-0.1, -0.05) is 18.2 Å². The Hall–Kier alpha value is -6.37. The van der Waals surface area contributed by atoms with Gasteiger partial charge in [-0.15, -0.1) is 0 Å². The average molecular weight is 730 g/mol. The third-order valence-electron chi connectivity index (χ3n) is 8.06. The van der Waals surface area contributed by atoms with E-state index in [9.17, 15) is 14.0 Å². The number of unbranched alkanes of at least 4 members (excludes halogenated alkanes) is 1. The number of para-hydroxylation sites is 1. The number of carbonyl (C=O) groups is 1. The molecular weight excluding hydrogens is 689 g/mol. The minimum Gasteiger partial charge on any atom is -0.496 e. The van der Waals surface area contributed by atoms with Gasteiger partial charge in [-0.2, -0.15) is 0 Å². The molecule has 5 aromatic rings. The van der Waals surface area contributed by atoms with Crippen molar-refractivity contribution in [3.05, 3.63) is 94.4 Å². The zero-order valence-corrected chi connectivity index (χ0v) is 30.2. The van der Waals surface area contributed by atoms with Crippen LogP contribution in [0.3, 0.4) is 0 Å². The highest BCUT2D eigenvalue weighted by Gasteiger charge is 2.24. The van der Waals surface area contributed by atoms with Gasteiger partial charge in [0.1, 0.15) is 28.3 Å². The number of hydrogen-bond acceptors (Lipinski definition) is 11. The van der Waals surface area contributed by atoms with Crippen LogP contribution >= 0.6 is 0 Å². The smallest absolute Gasteiger partial charge is 0.248 e. The zero-order valence-electron chi connectivity index (χ0n) is 30.2. The summed E-state index contributed by atoms with van der Waals surface area (Å²) in [5.41, 5.74) is 1.02. The number of nitrogens with one attached hydrogen (secondary N) is 1. The van der Waals surface area contributed by atoms with Gasteiger partial charge < -0.3 is 47.6 Å². The normalized spacial score (nSPS) is 10.9. The summed E-state index contributed by atoms with van der Waals surface area (Å²) in [5, 5.41) is 2.70. The van der Waals surface area contributed by atoms with E-state index in [1.165, 1.54) is 60.9 Å². The summed E-state index contributed by atoms with van der Waals surface area (Å²) < 4.78 is 65.3. The Morgan fingerprint density at radius 2 is 1.40 bits per heavy atom. The second-order valence-electron chi connectivity index (χ2n) is 11.3. The van der Waals surface area contributed by atoms with Crippen molar-refractivity contribution in [3.8, 4) is 57.3 Å². The maximum atomic E-state index is 14.0. The molecule has 0 aliphatic carbocycles. The molecule has 0 aliphatic rings. The summed E-state index contributed by atoms with van der Waals surface area (Å²) in [4.78, 5) is 26.3. The minimum absolute atomic E-state index is 0.0240. The van der Waals surface area contributed by atoms with Crippen molar-refractivity contribution < 1.29 is 51.5 Å². The molecule has 53 heavy (non-hydrogen) atoms. The lowest BCUT2D eigenvalue weighted by molar-refractivity contribution is -0.111. The Balaban J connectivity index is 1.29. The number of benzene rings is 4. The van der Waals surface area contributed by atoms with E-state index in [-0.39, 0.29) is 40.5 Å². The first-order chi connectivity index (χ1) is 25.7. The molecule has 0 unspecified atom stereocenters. The van der Waals surface area contributed by atoms with Crippen molar-refractivity contribution in [1.82, 2.24) is 0 Å². The molecule has 278 valence electrons. The van der Waals surface area contributed by atoms with Gasteiger partial charge >= 0.3 is 0 Å². The molecule has 0 fully saturated rings. The van der Waals surface area contributed by atoms with E-state index in [1.807, 2.05) is 0 Å². The van der Waals surface area contributed by atoms with Gasteiger partial charge in [0.15, 0.2) is 28.8 Å². The number of anilines is 1. The molecule has 1 heterocycles. The summed E-state index contributed by atoms with van der Waals surface area (Å²) in [7, 11) is 8.95. The summed E-state index contributed by atoms with van der Waals surface area (Å²) in [6.07, 6.45) is 3.98. The standard InChI is InChI=1S/C40H40FNO11/c1-45-26-22-31(47-3)36-32(23-26)53-38(25-20-33(48-4)39(50-6)34(21-25)49-5)40(37(36)44)52-18-10-9-17-51-29-15-13-24(19-30(29)46-2)14-16-35(43)42-28-12-8-7-11-27(28)41/h7-8,11-16,19-23H,9-10,17-18H2,1-6H3,(H,42,43)/b16-14+. The molecule has 13 heteroatoms. The van der Waals surface area contributed by atoms with E-state index in [0.717, 1.165) is 0 Å². The molecule has 1 aromatic heterocycles. The minimum atomic E-state index is -0.522. The van der Waals surface area contributed by atoms with Crippen LogP contribution in [0, 0.1) is 5.82 Å². The molecule has 0 radical (unpaired) electrons. The van der Waals surface area contributed by atoms with Crippen molar-refractivity contribution in [1.29, 1.82) is 0 Å². The fourth-order valence-corrected chi connectivity index (χ4v) is 5.43. The Bertz CT molecular complexity index is 2140. The maximum Gasteiger partial charge on any atom is 0.248 e. The molecule has 1 amide bonds. The van der Waals surface area contributed by atoms with Gasteiger partial charge in [-0.25, -0.2) is 4.39 Å². The lowest BCUT2D eigenvalue weighted by atomic mass is 10.1. The highest BCUT2D eigenvalue weighted by Crippen LogP contribution is 2.44. The van der Waals surface area contributed by atoms with Gasteiger partial charge in [0.2, 0.25) is 22.8 Å². The first-order valence-corrected chi connectivity index (χ1v) is 16.5. The van der Waals surface area contributed by atoms with E-state index in [2.05, 4.69) is 5.32 Å². The maximum absolute atomic E-state index is 14.0. The lowest BCUT2D eigenvalue weighted by Gasteiger charge is -2.17. The summed E-state index contributed by atoms with van der Waals surface area (Å²) >= 11 is 0. The quantitative estimate of drug-likeness (QED) is 0.0752. The third-order valence-corrected chi connectivity index (χ3v) is 8.06. The SMILES string of the molecule is COc1cc(OC)c2c(=O)c(OCCCCOc3ccc(/C=C/C(=O)Nc4ccccc4F)cc3OC)c(-c3cc(OC)c(OC)c(OC)c3)oc2c1. The molecule has 1 N–H and O–H groups in total. The van der Waals surface area contributed by atoms with Crippen LogP contribution < -0.4 is 48.6 Å². The first kappa shape index (κ1) is 37.9. The summed E-state index contributed by atoms with van der Waals surface area (Å²) in [6, 6.07) is 17.7. The number of fused-ring (bicyclic) bond motifs is 1. The van der Waals surface area contributed by atoms with Crippen molar-refractivity contribution in [2.75, 3.05) is 61.2 Å². The molecule has 0 saturated carbocycles. The number of methoxy groups -OCH3 is 6. The number of carbonyl (C=O) groups excluding carboxylic acids is 1. The Kier molecular flexibility index (Phi) is 12.7. The largest absolute Gasteiger partial charge is 0.496 e. The number of halogens is 1. The predicted molar refractivity (Wildman–Crippen MR) is 198 cm³/mol. The zero-order chi connectivity index (χ0) is 37.9. The van der Waals surface area contributed by atoms with E-state index in [4.69, 9.17) is 42.3 Å². The van der Waals surface area contributed by atoms with Crippen LogP contribution in [0.2, 0.25) is 0 Å². The highest BCUT2D eigenvalue weighted by atomic mass is 19.1. The second kappa shape index (κ2) is 17.7. The van der Waals surface area contributed by atoms with Crippen LogP contribution in [-0.2, 0) is 4.79 Å². The second-order valence-corrected chi connectivity index (χ2v) is 11.3. The van der Waals surface area contributed by atoms with Crippen LogP contribution in [0.1, 0.15) is 18.4 Å². The number of ether oxygens (including phenoxy) is 8. The molecule has 0 saturated heterocycles. The third kappa shape index (κ3) is 8.75. The summed E-state index contributed by atoms with van der Waals surface area (Å²) in [5.74, 6) is 1.90. The fourth-order valence-electron chi connectivity index (χ4n) is 5.43. The fraction of sp³-hybridized carbons (Fsp3) is 0.250. The number of hydrogen-bond donors (Lipinski definition) is 1. The van der Waals surface area contributed by atoms with Crippen molar-refractivity contribution in [2.24, 2.45) is 0 Å². The van der Waals surface area contributed by atoms with Crippen LogP contribution in [0.25, 0.3) is 28.4 Å². The monoisotopic (exact) mass is 729 g/mol. The van der Waals surface area contributed by atoms with Crippen molar-refractivity contribution in [2.45, 2.75) is 12.8 Å². The molecule has 4 aromatic carbocycles. The van der Waals surface area contributed by atoms with Gasteiger partial charge in [0.25, 0.3) is 0 Å². The van der Waals surface area contributed by atoms with Gasteiger partial charge in [-0.3, -0.25) is 9.59 Å². The number of rotatable bonds is 17. The summed E-state index contributed by atoms with van der Waals surface area (Å²) in [6.45, 7) is 0.477. The van der Waals surface area contributed by atoms with Crippen molar-refractivity contribution >= 4 is 28.6 Å². The molecule has 0 aliphatic heterocycles. The van der Waals surface area contributed by atoms with E-state index < -0.39 is 17.2 Å². The predicted octanol–water partition coefficient (Wildman–Crippen LogP) is 7.54. The van der Waals surface area contributed by atoms with Crippen LogP contribution in [-0.4, -0.2) is 61.8 Å². The topological polar surface area (TPSA) is 133 Å². The molecule has 5 rings (SSSR count). The number of amides is 1. The van der Waals surface area contributed by atoms with Gasteiger partial charge in [0, 0.05) is 23.8 Å². The van der Waals surface area contributed by atoms with Gasteiger partial charge in [-0.05, 0) is 60.9 Å². The molecule has 0 bridgehead atoms. The van der Waals surface area contributed by atoms with E-state index in [1.54, 1.807) is 60.7 Å². The molecule has 12 nitrogen and oxygen atoms in total. The molecule has 0 spiro atoms. The van der Waals surface area contributed by atoms with Crippen LogP contribution in [0.15, 0.2) is 82.0 Å². The Morgan fingerprint density at radius 1 is 0.717 bits per heavy atom. The highest BCUT2D eigenvalue weighted by molar-refractivity contribution is 6.02. The molecular formula is C40H40FNO11. The Labute approximate surface area is 305 Å². The van der Waals surface area contributed by atoms with Crippen LogP contribution in [0.4, 0.5) is 10.1 Å². The lowest BCUT2D eigenvalue weighted by Crippen LogP contribution is -2.13. The van der Waals surface area contributed by atoms with Gasteiger partial charge in [0.05, 0.1) is 61.6 Å². The van der Waals surface area contributed by atoms with E-state index in [0.29, 0.717) is 65.1 Å².